The summed E-state index contributed by atoms with van der Waals surface area (Å²) < 4.78 is 0.765. The molecule has 1 aliphatic carbocycles. The molecule has 0 bridgehead atoms. The third kappa shape index (κ3) is 3.69. The molecule has 5 heteroatoms. The number of thiophene rings is 1. The molecule has 0 radical (unpaired) electrons. The van der Waals surface area contributed by atoms with Crippen molar-refractivity contribution in [3.05, 3.63) is 21.3 Å². The van der Waals surface area contributed by atoms with Crippen LogP contribution in [0.1, 0.15) is 30.6 Å². The van der Waals surface area contributed by atoms with Crippen molar-refractivity contribution < 1.29 is 9.90 Å². The molecule has 1 saturated carbocycles. The molecule has 0 amide bonds. The van der Waals surface area contributed by atoms with Crippen LogP contribution in [0.4, 0.5) is 0 Å². The van der Waals surface area contributed by atoms with Crippen LogP contribution in [0.2, 0.25) is 4.34 Å². The SMILES string of the molecule is O=C(O)CN(Cc1ccc(Cl)s1)C1CCCC1. The van der Waals surface area contributed by atoms with Gasteiger partial charge in [0, 0.05) is 17.5 Å². The number of carboxylic acid groups (broad SMARTS) is 1. The van der Waals surface area contributed by atoms with Gasteiger partial charge in [-0.15, -0.1) is 11.3 Å². The van der Waals surface area contributed by atoms with Crippen molar-refractivity contribution in [3.8, 4) is 0 Å². The fourth-order valence-corrected chi connectivity index (χ4v) is 3.51. The number of halogens is 1. The number of hydrogen-bond donors (Lipinski definition) is 1. The lowest BCUT2D eigenvalue weighted by atomic mass is 10.2. The molecule has 94 valence electrons. The molecule has 1 aromatic rings. The largest absolute Gasteiger partial charge is 0.480 e. The summed E-state index contributed by atoms with van der Waals surface area (Å²) in [4.78, 5) is 14.1. The van der Waals surface area contributed by atoms with E-state index in [0.29, 0.717) is 12.6 Å². The summed E-state index contributed by atoms with van der Waals surface area (Å²) in [7, 11) is 0. The van der Waals surface area contributed by atoms with Crippen LogP contribution in [0.5, 0.6) is 0 Å². The van der Waals surface area contributed by atoms with Gasteiger partial charge in [0.2, 0.25) is 0 Å². The average molecular weight is 274 g/mol. The van der Waals surface area contributed by atoms with Crippen molar-refractivity contribution in [2.75, 3.05) is 6.54 Å². The molecule has 17 heavy (non-hydrogen) atoms. The predicted molar refractivity (Wildman–Crippen MR) is 69.6 cm³/mol. The highest BCUT2D eigenvalue weighted by Gasteiger charge is 2.24. The van der Waals surface area contributed by atoms with E-state index < -0.39 is 5.97 Å². The summed E-state index contributed by atoms with van der Waals surface area (Å²) in [5.41, 5.74) is 0. The zero-order valence-corrected chi connectivity index (χ0v) is 11.1. The zero-order chi connectivity index (χ0) is 12.3. The lowest BCUT2D eigenvalue weighted by molar-refractivity contribution is -0.139. The van der Waals surface area contributed by atoms with E-state index in [-0.39, 0.29) is 6.54 Å². The molecule has 0 spiro atoms. The minimum atomic E-state index is -0.750. The van der Waals surface area contributed by atoms with Crippen molar-refractivity contribution in [1.29, 1.82) is 0 Å². The molecule has 0 atom stereocenters. The second kappa shape index (κ2) is 5.85. The molecule has 0 aromatic carbocycles. The standard InChI is InChI=1S/C12H16ClNO2S/c13-11-6-5-10(17-11)7-14(8-12(15)16)9-3-1-2-4-9/h5-6,9H,1-4,7-8H2,(H,15,16). The first-order chi connectivity index (χ1) is 8.15. The summed E-state index contributed by atoms with van der Waals surface area (Å²) in [6, 6.07) is 4.28. The molecule has 0 saturated heterocycles. The van der Waals surface area contributed by atoms with Crippen LogP contribution in [0.25, 0.3) is 0 Å². The molecular weight excluding hydrogens is 258 g/mol. The quantitative estimate of drug-likeness (QED) is 0.895. The number of nitrogens with zero attached hydrogens (tertiary/aromatic N) is 1. The second-order valence-corrected chi connectivity index (χ2v) is 6.24. The molecule has 3 nitrogen and oxygen atoms in total. The molecule has 0 aliphatic heterocycles. The Kier molecular flexibility index (Phi) is 4.42. The number of aliphatic carboxylic acids is 1. The van der Waals surface area contributed by atoms with Gasteiger partial charge in [-0.25, -0.2) is 0 Å². The summed E-state index contributed by atoms with van der Waals surface area (Å²) in [6.45, 7) is 0.828. The molecule has 1 aromatic heterocycles. The molecule has 1 heterocycles. The maximum Gasteiger partial charge on any atom is 0.317 e. The van der Waals surface area contributed by atoms with Crippen molar-refractivity contribution >= 4 is 28.9 Å². The third-order valence-electron chi connectivity index (χ3n) is 3.17. The van der Waals surface area contributed by atoms with E-state index in [1.54, 1.807) is 0 Å². The Labute approximate surface area is 110 Å². The maximum absolute atomic E-state index is 10.9. The Morgan fingerprint density at radius 2 is 2.18 bits per heavy atom. The van der Waals surface area contributed by atoms with E-state index in [9.17, 15) is 4.79 Å². The van der Waals surface area contributed by atoms with Crippen LogP contribution in [-0.4, -0.2) is 28.6 Å². The lowest BCUT2D eigenvalue weighted by Gasteiger charge is -2.26. The number of carboxylic acids is 1. The van der Waals surface area contributed by atoms with Gasteiger partial charge in [-0.05, 0) is 25.0 Å². The molecule has 1 N–H and O–H groups in total. The Balaban J connectivity index is 2.01. The van der Waals surface area contributed by atoms with Gasteiger partial charge in [-0.1, -0.05) is 24.4 Å². The van der Waals surface area contributed by atoms with E-state index in [4.69, 9.17) is 16.7 Å². The fourth-order valence-electron chi connectivity index (χ4n) is 2.39. The normalized spacial score (nSPS) is 16.8. The molecule has 1 fully saturated rings. The highest BCUT2D eigenvalue weighted by molar-refractivity contribution is 7.16. The van der Waals surface area contributed by atoms with Crippen molar-refractivity contribution in [2.24, 2.45) is 0 Å². The second-order valence-electron chi connectivity index (χ2n) is 4.44. The fraction of sp³-hybridized carbons (Fsp3) is 0.583. The smallest absolute Gasteiger partial charge is 0.317 e. The van der Waals surface area contributed by atoms with Gasteiger partial charge in [0.1, 0.15) is 0 Å². The van der Waals surface area contributed by atoms with Gasteiger partial charge in [0.15, 0.2) is 0 Å². The summed E-state index contributed by atoms with van der Waals surface area (Å²) in [5.74, 6) is -0.750. The molecule has 1 aliphatic rings. The van der Waals surface area contributed by atoms with Gasteiger partial charge >= 0.3 is 5.97 Å². The van der Waals surface area contributed by atoms with Crippen LogP contribution < -0.4 is 0 Å². The number of carbonyl (C=O) groups is 1. The van der Waals surface area contributed by atoms with Gasteiger partial charge in [-0.2, -0.15) is 0 Å². The Bertz CT molecular complexity index is 388. The van der Waals surface area contributed by atoms with Crippen molar-refractivity contribution in [2.45, 2.75) is 38.3 Å². The third-order valence-corrected chi connectivity index (χ3v) is 4.38. The van der Waals surface area contributed by atoms with Crippen LogP contribution in [0.15, 0.2) is 12.1 Å². The summed E-state index contributed by atoms with van der Waals surface area (Å²) in [5, 5.41) is 8.96. The van der Waals surface area contributed by atoms with E-state index in [2.05, 4.69) is 4.90 Å². The molecule has 2 rings (SSSR count). The Hall–Kier alpha value is -0.580. The number of hydrogen-bond acceptors (Lipinski definition) is 3. The minimum Gasteiger partial charge on any atom is -0.480 e. The van der Waals surface area contributed by atoms with E-state index in [0.717, 1.165) is 22.1 Å². The van der Waals surface area contributed by atoms with Gasteiger partial charge in [0.25, 0.3) is 0 Å². The average Bonchev–Trinajstić information content (AvgIpc) is 2.87. The van der Waals surface area contributed by atoms with Crippen molar-refractivity contribution in [1.82, 2.24) is 4.90 Å². The van der Waals surface area contributed by atoms with Crippen LogP contribution in [0, 0.1) is 0 Å². The lowest BCUT2D eigenvalue weighted by Crippen LogP contribution is -2.36. The topological polar surface area (TPSA) is 40.5 Å². The van der Waals surface area contributed by atoms with Gasteiger partial charge in [0.05, 0.1) is 10.9 Å². The van der Waals surface area contributed by atoms with Crippen LogP contribution in [0.3, 0.4) is 0 Å². The Morgan fingerprint density at radius 3 is 2.71 bits per heavy atom. The summed E-state index contributed by atoms with van der Waals surface area (Å²) in [6.07, 6.45) is 4.66. The van der Waals surface area contributed by atoms with Crippen LogP contribution >= 0.6 is 22.9 Å². The van der Waals surface area contributed by atoms with Gasteiger partial charge in [-0.3, -0.25) is 9.69 Å². The number of rotatable bonds is 5. The maximum atomic E-state index is 10.9. The Morgan fingerprint density at radius 1 is 1.47 bits per heavy atom. The van der Waals surface area contributed by atoms with E-state index >= 15 is 0 Å². The predicted octanol–water partition coefficient (Wildman–Crippen LogP) is 3.23. The molecule has 0 unspecified atom stereocenters. The van der Waals surface area contributed by atoms with E-state index in [1.807, 2.05) is 12.1 Å². The monoisotopic (exact) mass is 273 g/mol. The molecular formula is C12H16ClNO2S. The van der Waals surface area contributed by atoms with Gasteiger partial charge < -0.3 is 5.11 Å². The van der Waals surface area contributed by atoms with Crippen LogP contribution in [-0.2, 0) is 11.3 Å². The first-order valence-electron chi connectivity index (χ1n) is 5.85. The zero-order valence-electron chi connectivity index (χ0n) is 9.56. The first-order valence-corrected chi connectivity index (χ1v) is 7.04. The summed E-state index contributed by atoms with van der Waals surface area (Å²) >= 11 is 7.43. The first kappa shape index (κ1) is 12.9. The highest BCUT2D eigenvalue weighted by atomic mass is 35.5. The minimum absolute atomic E-state index is 0.125. The van der Waals surface area contributed by atoms with E-state index in [1.165, 1.54) is 24.2 Å². The van der Waals surface area contributed by atoms with Crippen molar-refractivity contribution in [3.63, 3.8) is 0 Å². The highest BCUT2D eigenvalue weighted by Crippen LogP contribution is 2.28.